The van der Waals surface area contributed by atoms with Crippen molar-refractivity contribution in [3.05, 3.63) is 90.6 Å². The highest BCUT2D eigenvalue weighted by Gasteiger charge is 2.17. The Morgan fingerprint density at radius 2 is 1.75 bits per heavy atom. The van der Waals surface area contributed by atoms with Crippen molar-refractivity contribution in [1.82, 2.24) is 15.1 Å². The molecule has 0 aliphatic carbocycles. The molecule has 0 atom stereocenters. The highest BCUT2D eigenvalue weighted by Crippen LogP contribution is 2.22. The minimum Gasteiger partial charge on any atom is -0.348 e. The first-order chi connectivity index (χ1) is 11.8. The number of carbonyl (C=O) groups excluding carboxylic acids is 1. The molecule has 0 saturated heterocycles. The second-order valence-electron chi connectivity index (χ2n) is 5.44. The van der Waals surface area contributed by atoms with Gasteiger partial charge >= 0.3 is 0 Å². The molecule has 0 unspecified atom stereocenters. The van der Waals surface area contributed by atoms with Crippen LogP contribution in [0.1, 0.15) is 15.9 Å². The van der Waals surface area contributed by atoms with Gasteiger partial charge in [-0.15, -0.1) is 6.58 Å². The van der Waals surface area contributed by atoms with Crippen molar-refractivity contribution in [3.63, 3.8) is 0 Å². The van der Waals surface area contributed by atoms with E-state index in [-0.39, 0.29) is 5.91 Å². The molecule has 0 spiro atoms. The Hall–Kier alpha value is -3.14. The number of carbonyl (C=O) groups is 1. The summed E-state index contributed by atoms with van der Waals surface area (Å²) < 4.78 is 1.81. The molecule has 0 aliphatic rings. The molecule has 3 aromatic rings. The van der Waals surface area contributed by atoms with Gasteiger partial charge in [0.05, 0.1) is 12.1 Å². The summed E-state index contributed by atoms with van der Waals surface area (Å²) in [6.07, 6.45) is 3.46. The standard InChI is InChI=1S/C20H19N3O/c1-2-13-21-20(24)18-15-23(14-16-9-5-3-6-10-16)22-19(18)17-11-7-4-8-12-17/h2-12,15H,1,13-14H2,(H,21,24). The second kappa shape index (κ2) is 7.42. The van der Waals surface area contributed by atoms with Crippen LogP contribution in [0.25, 0.3) is 11.3 Å². The summed E-state index contributed by atoms with van der Waals surface area (Å²) in [5, 5.41) is 7.46. The molecule has 0 radical (unpaired) electrons. The number of hydrogen-bond donors (Lipinski definition) is 1. The second-order valence-corrected chi connectivity index (χ2v) is 5.44. The van der Waals surface area contributed by atoms with Gasteiger partial charge in [-0.05, 0) is 5.56 Å². The van der Waals surface area contributed by atoms with Crippen LogP contribution in [-0.2, 0) is 6.54 Å². The van der Waals surface area contributed by atoms with Crippen molar-refractivity contribution < 1.29 is 4.79 Å². The minimum atomic E-state index is -0.145. The van der Waals surface area contributed by atoms with Gasteiger partial charge in [0.2, 0.25) is 0 Å². The van der Waals surface area contributed by atoms with E-state index in [1.165, 1.54) is 0 Å². The molecule has 0 fully saturated rings. The highest BCUT2D eigenvalue weighted by molar-refractivity contribution is 5.99. The van der Waals surface area contributed by atoms with Gasteiger partial charge in [0, 0.05) is 18.3 Å². The molecule has 120 valence electrons. The molecule has 3 rings (SSSR count). The van der Waals surface area contributed by atoms with Crippen LogP contribution >= 0.6 is 0 Å². The summed E-state index contributed by atoms with van der Waals surface area (Å²) in [5.74, 6) is -0.145. The van der Waals surface area contributed by atoms with Crippen molar-refractivity contribution >= 4 is 5.91 Å². The van der Waals surface area contributed by atoms with E-state index in [1.54, 1.807) is 17.0 Å². The molecular formula is C20H19N3O. The van der Waals surface area contributed by atoms with E-state index in [9.17, 15) is 4.79 Å². The van der Waals surface area contributed by atoms with Crippen molar-refractivity contribution in [3.8, 4) is 11.3 Å². The first-order valence-corrected chi connectivity index (χ1v) is 7.84. The van der Waals surface area contributed by atoms with Gasteiger partial charge in [-0.25, -0.2) is 0 Å². The number of hydrogen-bond acceptors (Lipinski definition) is 2. The Labute approximate surface area is 141 Å². The quantitative estimate of drug-likeness (QED) is 0.707. The van der Waals surface area contributed by atoms with Crippen molar-refractivity contribution in [2.75, 3.05) is 6.54 Å². The van der Waals surface area contributed by atoms with Crippen LogP contribution in [0, 0.1) is 0 Å². The summed E-state index contributed by atoms with van der Waals surface area (Å²) in [7, 11) is 0. The average molecular weight is 317 g/mol. The Bertz CT molecular complexity index is 823. The highest BCUT2D eigenvalue weighted by atomic mass is 16.1. The summed E-state index contributed by atoms with van der Waals surface area (Å²) in [6, 6.07) is 19.8. The first kappa shape index (κ1) is 15.7. The Kier molecular flexibility index (Phi) is 4.87. The zero-order valence-electron chi connectivity index (χ0n) is 13.4. The summed E-state index contributed by atoms with van der Waals surface area (Å²) in [6.45, 7) is 4.68. The monoisotopic (exact) mass is 317 g/mol. The molecule has 4 nitrogen and oxygen atoms in total. The lowest BCUT2D eigenvalue weighted by atomic mass is 10.1. The van der Waals surface area contributed by atoms with Gasteiger partial charge in [-0.2, -0.15) is 5.10 Å². The Morgan fingerprint density at radius 1 is 1.08 bits per heavy atom. The molecule has 0 saturated carbocycles. The Balaban J connectivity index is 1.96. The van der Waals surface area contributed by atoms with Crippen LogP contribution in [-0.4, -0.2) is 22.2 Å². The lowest BCUT2D eigenvalue weighted by Crippen LogP contribution is -2.23. The summed E-state index contributed by atoms with van der Waals surface area (Å²) in [4.78, 5) is 12.5. The van der Waals surface area contributed by atoms with Crippen LogP contribution in [0.4, 0.5) is 0 Å². The smallest absolute Gasteiger partial charge is 0.255 e. The van der Waals surface area contributed by atoms with Gasteiger partial charge in [0.25, 0.3) is 5.91 Å². The topological polar surface area (TPSA) is 46.9 Å². The molecule has 4 heteroatoms. The van der Waals surface area contributed by atoms with E-state index in [4.69, 9.17) is 0 Å². The van der Waals surface area contributed by atoms with Gasteiger partial charge in [0.15, 0.2) is 0 Å². The van der Waals surface area contributed by atoms with Crippen LogP contribution < -0.4 is 5.32 Å². The van der Waals surface area contributed by atoms with Gasteiger partial charge in [-0.3, -0.25) is 9.48 Å². The van der Waals surface area contributed by atoms with Gasteiger partial charge < -0.3 is 5.32 Å². The molecule has 24 heavy (non-hydrogen) atoms. The number of benzene rings is 2. The predicted molar refractivity (Wildman–Crippen MR) is 95.7 cm³/mol. The number of aromatic nitrogens is 2. The van der Waals surface area contributed by atoms with Crippen molar-refractivity contribution in [2.24, 2.45) is 0 Å². The molecule has 1 amide bonds. The lowest BCUT2D eigenvalue weighted by molar-refractivity contribution is 0.0958. The van der Waals surface area contributed by atoms with Crippen molar-refractivity contribution in [1.29, 1.82) is 0 Å². The van der Waals surface area contributed by atoms with E-state index in [0.29, 0.717) is 24.3 Å². The predicted octanol–water partition coefficient (Wildman–Crippen LogP) is 3.51. The zero-order valence-corrected chi connectivity index (χ0v) is 13.4. The van der Waals surface area contributed by atoms with Crippen LogP contribution in [0.3, 0.4) is 0 Å². The maximum atomic E-state index is 12.5. The number of nitrogens with zero attached hydrogens (tertiary/aromatic N) is 2. The third-order valence-electron chi connectivity index (χ3n) is 3.65. The SMILES string of the molecule is C=CCNC(=O)c1cn(Cc2ccccc2)nc1-c1ccccc1. The van der Waals surface area contributed by atoms with Crippen molar-refractivity contribution in [2.45, 2.75) is 6.54 Å². The lowest BCUT2D eigenvalue weighted by Gasteiger charge is -2.02. The molecule has 0 bridgehead atoms. The number of amides is 1. The van der Waals surface area contributed by atoms with Crippen LogP contribution in [0.5, 0.6) is 0 Å². The molecule has 1 N–H and O–H groups in total. The molecule has 0 aliphatic heterocycles. The fraction of sp³-hybridized carbons (Fsp3) is 0.100. The summed E-state index contributed by atoms with van der Waals surface area (Å²) in [5.41, 5.74) is 3.32. The third-order valence-corrected chi connectivity index (χ3v) is 3.65. The van der Waals surface area contributed by atoms with E-state index < -0.39 is 0 Å². The van der Waals surface area contributed by atoms with Gasteiger partial charge in [0.1, 0.15) is 5.69 Å². The van der Waals surface area contributed by atoms with E-state index in [0.717, 1.165) is 11.1 Å². The van der Waals surface area contributed by atoms with Crippen LogP contribution in [0.2, 0.25) is 0 Å². The average Bonchev–Trinajstić information content (AvgIpc) is 3.05. The third kappa shape index (κ3) is 3.60. The van der Waals surface area contributed by atoms with Gasteiger partial charge in [-0.1, -0.05) is 66.7 Å². The fourth-order valence-corrected chi connectivity index (χ4v) is 2.51. The van der Waals surface area contributed by atoms with E-state index in [2.05, 4.69) is 17.0 Å². The Morgan fingerprint density at radius 3 is 2.42 bits per heavy atom. The normalized spacial score (nSPS) is 10.3. The zero-order chi connectivity index (χ0) is 16.8. The summed E-state index contributed by atoms with van der Waals surface area (Å²) >= 11 is 0. The largest absolute Gasteiger partial charge is 0.348 e. The number of rotatable bonds is 6. The maximum Gasteiger partial charge on any atom is 0.255 e. The van der Waals surface area contributed by atoms with E-state index in [1.807, 2.05) is 60.7 Å². The minimum absolute atomic E-state index is 0.145. The molecule has 2 aromatic carbocycles. The molecular weight excluding hydrogens is 298 g/mol. The fourth-order valence-electron chi connectivity index (χ4n) is 2.51. The van der Waals surface area contributed by atoms with Crippen LogP contribution in [0.15, 0.2) is 79.5 Å². The maximum absolute atomic E-state index is 12.5. The molecule has 1 aromatic heterocycles. The number of nitrogens with one attached hydrogen (secondary N) is 1. The molecule has 1 heterocycles. The van der Waals surface area contributed by atoms with E-state index >= 15 is 0 Å². The first-order valence-electron chi connectivity index (χ1n) is 7.84.